The number of aromatic amines is 1. The van der Waals surface area contributed by atoms with E-state index in [1.165, 1.54) is 0 Å². The van der Waals surface area contributed by atoms with Gasteiger partial charge in [-0.2, -0.15) is 0 Å². The molecule has 3 N–H and O–H groups in total. The monoisotopic (exact) mass is 396 g/mol. The molecule has 0 unspecified atom stereocenters. The molecule has 3 rings (SSSR count). The zero-order valence-corrected chi connectivity index (χ0v) is 16.5. The fraction of sp³-hybridized carbons (Fsp3) is 0.333. The van der Waals surface area contributed by atoms with Gasteiger partial charge < -0.3 is 20.5 Å². The van der Waals surface area contributed by atoms with E-state index in [4.69, 9.17) is 0 Å². The number of benzene rings is 1. The summed E-state index contributed by atoms with van der Waals surface area (Å²) >= 11 is 0. The molecule has 1 aromatic carbocycles. The van der Waals surface area contributed by atoms with Crippen LogP contribution in [0.5, 0.6) is 0 Å². The van der Waals surface area contributed by atoms with Gasteiger partial charge in [0.25, 0.3) is 11.5 Å². The van der Waals surface area contributed by atoms with Crippen LogP contribution in [0, 0.1) is 13.8 Å². The van der Waals surface area contributed by atoms with Crippen molar-refractivity contribution in [3.63, 3.8) is 0 Å². The van der Waals surface area contributed by atoms with E-state index >= 15 is 0 Å². The van der Waals surface area contributed by atoms with Crippen molar-refractivity contribution < 1.29 is 14.4 Å². The fourth-order valence-electron chi connectivity index (χ4n) is 3.33. The molecule has 1 aromatic heterocycles. The molecule has 0 bridgehead atoms. The molecule has 0 saturated carbocycles. The number of carbonyl (C=O) groups is 3. The lowest BCUT2D eigenvalue weighted by Crippen LogP contribution is -2.37. The van der Waals surface area contributed by atoms with Crippen molar-refractivity contribution >= 4 is 23.4 Å². The highest BCUT2D eigenvalue weighted by Gasteiger charge is 2.21. The minimum Gasteiger partial charge on any atom is -0.350 e. The van der Waals surface area contributed by atoms with Gasteiger partial charge in [-0.1, -0.05) is 0 Å². The van der Waals surface area contributed by atoms with Crippen LogP contribution in [0.1, 0.15) is 40.0 Å². The van der Waals surface area contributed by atoms with E-state index in [0.717, 1.165) is 23.4 Å². The molecule has 0 aliphatic carbocycles. The molecule has 1 aliphatic heterocycles. The van der Waals surface area contributed by atoms with Gasteiger partial charge in [0.2, 0.25) is 11.8 Å². The number of hydrogen-bond acceptors (Lipinski definition) is 4. The maximum atomic E-state index is 12.2. The number of anilines is 1. The number of nitrogens with one attached hydrogen (secondary N) is 3. The third-order valence-corrected chi connectivity index (χ3v) is 4.88. The number of aryl methyl sites for hydroxylation is 2. The Labute approximate surface area is 168 Å². The normalized spacial score (nSPS) is 13.4. The Kier molecular flexibility index (Phi) is 6.11. The molecule has 29 heavy (non-hydrogen) atoms. The van der Waals surface area contributed by atoms with Gasteiger partial charge in [-0.15, -0.1) is 0 Å². The summed E-state index contributed by atoms with van der Waals surface area (Å²) in [4.78, 5) is 52.4. The topological polar surface area (TPSA) is 111 Å². The SMILES string of the molecule is Cc1cc(C)c(CNC(=O)CNC(=O)c2ccc(N3CCCC3=O)cc2)c(=O)[nH]1. The zero-order valence-electron chi connectivity index (χ0n) is 16.5. The van der Waals surface area contributed by atoms with Crippen molar-refractivity contribution in [3.05, 3.63) is 63.1 Å². The van der Waals surface area contributed by atoms with E-state index < -0.39 is 5.91 Å². The molecule has 8 nitrogen and oxygen atoms in total. The Morgan fingerprint density at radius 2 is 1.83 bits per heavy atom. The maximum Gasteiger partial charge on any atom is 0.253 e. The molecule has 1 fully saturated rings. The van der Waals surface area contributed by atoms with Crippen LogP contribution in [0.4, 0.5) is 5.69 Å². The highest BCUT2D eigenvalue weighted by Crippen LogP contribution is 2.21. The first-order chi connectivity index (χ1) is 13.8. The largest absolute Gasteiger partial charge is 0.350 e. The lowest BCUT2D eigenvalue weighted by Gasteiger charge is -2.15. The van der Waals surface area contributed by atoms with Crippen LogP contribution < -0.4 is 21.1 Å². The van der Waals surface area contributed by atoms with Gasteiger partial charge in [0.05, 0.1) is 6.54 Å². The first kappa shape index (κ1) is 20.3. The molecule has 2 heterocycles. The van der Waals surface area contributed by atoms with Gasteiger partial charge in [-0.05, 0) is 56.2 Å². The highest BCUT2D eigenvalue weighted by molar-refractivity contribution is 5.98. The van der Waals surface area contributed by atoms with Gasteiger partial charge in [-0.25, -0.2) is 0 Å². The number of pyridine rings is 1. The highest BCUT2D eigenvalue weighted by atomic mass is 16.2. The summed E-state index contributed by atoms with van der Waals surface area (Å²) in [5.41, 5.74) is 2.98. The number of aromatic nitrogens is 1. The summed E-state index contributed by atoms with van der Waals surface area (Å²) in [5.74, 6) is -0.692. The number of hydrogen-bond donors (Lipinski definition) is 3. The molecular weight excluding hydrogens is 372 g/mol. The number of rotatable bonds is 6. The second-order valence-corrected chi connectivity index (χ2v) is 7.10. The fourth-order valence-corrected chi connectivity index (χ4v) is 3.33. The summed E-state index contributed by atoms with van der Waals surface area (Å²) in [6.45, 7) is 4.18. The quantitative estimate of drug-likeness (QED) is 0.680. The molecule has 0 spiro atoms. The van der Waals surface area contributed by atoms with Crippen LogP contribution in [0.3, 0.4) is 0 Å². The number of H-pyrrole nitrogens is 1. The van der Waals surface area contributed by atoms with Gasteiger partial charge in [0.1, 0.15) is 0 Å². The van der Waals surface area contributed by atoms with Crippen LogP contribution in [0.2, 0.25) is 0 Å². The van der Waals surface area contributed by atoms with Crippen LogP contribution in [0.15, 0.2) is 35.1 Å². The molecular formula is C21H24N4O4. The number of nitrogens with zero attached hydrogens (tertiary/aromatic N) is 1. The van der Waals surface area contributed by atoms with E-state index in [0.29, 0.717) is 24.1 Å². The van der Waals surface area contributed by atoms with E-state index in [1.54, 1.807) is 36.1 Å². The molecule has 1 aliphatic rings. The van der Waals surface area contributed by atoms with E-state index in [9.17, 15) is 19.2 Å². The predicted molar refractivity (Wildman–Crippen MR) is 109 cm³/mol. The van der Waals surface area contributed by atoms with Gasteiger partial charge >= 0.3 is 0 Å². The Morgan fingerprint density at radius 1 is 1.10 bits per heavy atom. The number of amides is 3. The molecule has 0 atom stereocenters. The van der Waals surface area contributed by atoms with Crippen molar-refractivity contribution in [2.24, 2.45) is 0 Å². The number of carbonyl (C=O) groups excluding carboxylic acids is 3. The van der Waals surface area contributed by atoms with Gasteiger partial charge in [-0.3, -0.25) is 19.2 Å². The zero-order chi connectivity index (χ0) is 21.0. The van der Waals surface area contributed by atoms with Crippen molar-refractivity contribution in [2.75, 3.05) is 18.0 Å². The third kappa shape index (κ3) is 4.90. The van der Waals surface area contributed by atoms with Gasteiger partial charge in [0.15, 0.2) is 0 Å². The second-order valence-electron chi connectivity index (χ2n) is 7.10. The Morgan fingerprint density at radius 3 is 2.45 bits per heavy atom. The Balaban J connectivity index is 1.50. The Hall–Kier alpha value is -3.42. The summed E-state index contributed by atoms with van der Waals surface area (Å²) in [6.07, 6.45) is 1.38. The average Bonchev–Trinajstić information content (AvgIpc) is 3.11. The second kappa shape index (κ2) is 8.72. The first-order valence-electron chi connectivity index (χ1n) is 9.50. The minimum atomic E-state index is -0.392. The lowest BCUT2D eigenvalue weighted by molar-refractivity contribution is -0.120. The summed E-state index contributed by atoms with van der Waals surface area (Å²) in [5, 5.41) is 5.19. The summed E-state index contributed by atoms with van der Waals surface area (Å²) < 4.78 is 0. The molecule has 1 saturated heterocycles. The Bertz CT molecular complexity index is 995. The van der Waals surface area contributed by atoms with Crippen LogP contribution in [0.25, 0.3) is 0 Å². The lowest BCUT2D eigenvalue weighted by atomic mass is 10.1. The van der Waals surface area contributed by atoms with Gasteiger partial charge in [0, 0.05) is 42.0 Å². The van der Waals surface area contributed by atoms with Crippen molar-refractivity contribution in [1.29, 1.82) is 0 Å². The standard InChI is InChI=1S/C21H24N4O4/c1-13-10-14(2)24-21(29)17(13)11-22-18(26)12-23-20(28)15-5-7-16(8-6-15)25-9-3-4-19(25)27/h5-8,10H,3-4,9,11-12H2,1-2H3,(H,22,26)(H,23,28)(H,24,29). The smallest absolute Gasteiger partial charge is 0.253 e. The molecule has 3 amide bonds. The molecule has 152 valence electrons. The molecule has 2 aromatic rings. The summed E-state index contributed by atoms with van der Waals surface area (Å²) in [6, 6.07) is 8.55. The average molecular weight is 396 g/mol. The molecule has 8 heteroatoms. The van der Waals surface area contributed by atoms with Crippen LogP contribution in [-0.2, 0) is 16.1 Å². The predicted octanol–water partition coefficient (Wildman–Crippen LogP) is 1.16. The van der Waals surface area contributed by atoms with E-state index in [-0.39, 0.29) is 30.5 Å². The van der Waals surface area contributed by atoms with Crippen molar-refractivity contribution in [2.45, 2.75) is 33.2 Å². The first-order valence-corrected chi connectivity index (χ1v) is 9.50. The van der Waals surface area contributed by atoms with E-state index in [2.05, 4.69) is 15.6 Å². The maximum absolute atomic E-state index is 12.2. The van der Waals surface area contributed by atoms with Crippen LogP contribution in [-0.4, -0.2) is 35.8 Å². The van der Waals surface area contributed by atoms with E-state index in [1.807, 2.05) is 13.0 Å². The minimum absolute atomic E-state index is 0.0847. The van der Waals surface area contributed by atoms with Crippen LogP contribution >= 0.6 is 0 Å². The van der Waals surface area contributed by atoms with Crippen molar-refractivity contribution in [3.8, 4) is 0 Å². The third-order valence-electron chi connectivity index (χ3n) is 4.88. The van der Waals surface area contributed by atoms with Crippen molar-refractivity contribution in [1.82, 2.24) is 15.6 Å². The summed E-state index contributed by atoms with van der Waals surface area (Å²) in [7, 11) is 0. The molecule has 0 radical (unpaired) electrons.